The lowest BCUT2D eigenvalue weighted by atomic mass is 9.84. The van der Waals surface area contributed by atoms with E-state index in [2.05, 4.69) is 0 Å². The minimum absolute atomic E-state index is 0.353. The molecule has 0 aromatic rings. The van der Waals surface area contributed by atoms with Crippen LogP contribution in [0.3, 0.4) is 0 Å². The van der Waals surface area contributed by atoms with Crippen molar-refractivity contribution in [2.24, 2.45) is 11.7 Å². The van der Waals surface area contributed by atoms with Gasteiger partial charge in [0.1, 0.15) is 6.04 Å². The lowest BCUT2D eigenvalue weighted by Gasteiger charge is -2.39. The lowest BCUT2D eigenvalue weighted by molar-refractivity contribution is -0.191. The van der Waals surface area contributed by atoms with Crippen LogP contribution in [0, 0.1) is 5.92 Å². The van der Waals surface area contributed by atoms with Crippen LogP contribution in [0.25, 0.3) is 0 Å². The Bertz CT molecular complexity index is 226. The van der Waals surface area contributed by atoms with E-state index in [1.54, 1.807) is 13.8 Å². The number of nitrogens with zero attached hydrogens (tertiary/aromatic N) is 1. The fraction of sp³-hybridized carbons (Fsp3) is 1.00. The molecule has 0 amide bonds. The topological polar surface area (TPSA) is 29.3 Å². The third-order valence-electron chi connectivity index (χ3n) is 3.73. The number of nitrogens with two attached hydrogens (primary N) is 1. The van der Waals surface area contributed by atoms with Crippen molar-refractivity contribution in [3.8, 4) is 0 Å². The largest absolute Gasteiger partial charge is 0.405 e. The van der Waals surface area contributed by atoms with Crippen LogP contribution in [0.4, 0.5) is 13.2 Å². The van der Waals surface area contributed by atoms with Crippen LogP contribution in [0.15, 0.2) is 0 Å². The zero-order chi connectivity index (χ0) is 13.1. The number of likely N-dealkylation sites (N-methyl/N-ethyl adjacent to an activating group) is 1. The summed E-state index contributed by atoms with van der Waals surface area (Å²) in [5, 5.41) is 0. The van der Waals surface area contributed by atoms with E-state index in [9.17, 15) is 13.2 Å². The molecule has 0 bridgehead atoms. The SMILES string of the molecule is CCC(N)C(N(CC)CC1CCC1)C(F)(F)F. The van der Waals surface area contributed by atoms with E-state index in [0.29, 0.717) is 25.4 Å². The van der Waals surface area contributed by atoms with E-state index < -0.39 is 18.3 Å². The van der Waals surface area contributed by atoms with Crippen molar-refractivity contribution in [3.63, 3.8) is 0 Å². The second kappa shape index (κ2) is 6.05. The molecule has 1 saturated carbocycles. The Labute approximate surface area is 101 Å². The highest BCUT2D eigenvalue weighted by molar-refractivity contribution is 4.89. The van der Waals surface area contributed by atoms with Crippen LogP contribution in [-0.2, 0) is 0 Å². The van der Waals surface area contributed by atoms with Gasteiger partial charge in [0.05, 0.1) is 0 Å². The second-order valence-electron chi connectivity index (χ2n) is 4.94. The van der Waals surface area contributed by atoms with Crippen LogP contribution < -0.4 is 5.73 Å². The normalized spacial score (nSPS) is 21.4. The summed E-state index contributed by atoms with van der Waals surface area (Å²) < 4.78 is 39.1. The molecule has 17 heavy (non-hydrogen) atoms. The predicted octanol–water partition coefficient (Wildman–Crippen LogP) is 2.78. The molecule has 0 radical (unpaired) electrons. The average molecular weight is 252 g/mol. The maximum absolute atomic E-state index is 13.0. The molecular weight excluding hydrogens is 229 g/mol. The summed E-state index contributed by atoms with van der Waals surface area (Å²) in [6.07, 6.45) is -0.607. The molecule has 1 fully saturated rings. The maximum atomic E-state index is 13.0. The van der Waals surface area contributed by atoms with Crippen molar-refractivity contribution < 1.29 is 13.2 Å². The number of hydrogen-bond donors (Lipinski definition) is 1. The maximum Gasteiger partial charge on any atom is 0.405 e. The summed E-state index contributed by atoms with van der Waals surface area (Å²) in [4.78, 5) is 1.51. The molecule has 0 aromatic carbocycles. The fourth-order valence-corrected chi connectivity index (χ4v) is 2.39. The van der Waals surface area contributed by atoms with Gasteiger partial charge in [-0.1, -0.05) is 20.3 Å². The van der Waals surface area contributed by atoms with Crippen LogP contribution in [0.2, 0.25) is 0 Å². The van der Waals surface area contributed by atoms with E-state index in [1.807, 2.05) is 0 Å². The quantitative estimate of drug-likeness (QED) is 0.787. The first-order chi connectivity index (χ1) is 7.90. The van der Waals surface area contributed by atoms with E-state index in [4.69, 9.17) is 5.73 Å². The Morgan fingerprint density at radius 2 is 1.88 bits per heavy atom. The molecule has 0 aromatic heterocycles. The Morgan fingerprint density at radius 1 is 1.29 bits per heavy atom. The van der Waals surface area contributed by atoms with Crippen molar-refractivity contribution in [2.45, 2.75) is 57.8 Å². The minimum atomic E-state index is -4.23. The predicted molar refractivity (Wildman–Crippen MR) is 62.7 cm³/mol. The zero-order valence-corrected chi connectivity index (χ0v) is 10.6. The van der Waals surface area contributed by atoms with Crippen LogP contribution >= 0.6 is 0 Å². The highest BCUT2D eigenvalue weighted by atomic mass is 19.4. The monoisotopic (exact) mass is 252 g/mol. The van der Waals surface area contributed by atoms with Gasteiger partial charge >= 0.3 is 6.18 Å². The van der Waals surface area contributed by atoms with E-state index in [-0.39, 0.29) is 0 Å². The average Bonchev–Trinajstić information content (AvgIpc) is 2.18. The fourth-order valence-electron chi connectivity index (χ4n) is 2.39. The van der Waals surface area contributed by atoms with Gasteiger partial charge in [-0.15, -0.1) is 0 Å². The highest BCUT2D eigenvalue weighted by Gasteiger charge is 2.46. The summed E-state index contributed by atoms with van der Waals surface area (Å²) in [7, 11) is 0. The summed E-state index contributed by atoms with van der Waals surface area (Å²) in [5.41, 5.74) is 5.65. The molecule has 2 N–H and O–H groups in total. The van der Waals surface area contributed by atoms with Gasteiger partial charge in [0, 0.05) is 12.6 Å². The van der Waals surface area contributed by atoms with Gasteiger partial charge in [-0.3, -0.25) is 4.90 Å². The van der Waals surface area contributed by atoms with Crippen molar-refractivity contribution in [1.29, 1.82) is 0 Å². The van der Waals surface area contributed by atoms with Gasteiger partial charge in [-0.05, 0) is 31.7 Å². The highest BCUT2D eigenvalue weighted by Crippen LogP contribution is 2.32. The van der Waals surface area contributed by atoms with Crippen LogP contribution in [0.5, 0.6) is 0 Å². The third kappa shape index (κ3) is 3.85. The zero-order valence-electron chi connectivity index (χ0n) is 10.6. The van der Waals surface area contributed by atoms with Crippen molar-refractivity contribution in [1.82, 2.24) is 4.90 Å². The standard InChI is InChI=1S/C12H23F3N2/c1-3-10(16)11(12(13,14)15)17(4-2)8-9-6-5-7-9/h9-11H,3-8,16H2,1-2H3. The van der Waals surface area contributed by atoms with E-state index >= 15 is 0 Å². The number of halogens is 3. The Hall–Kier alpha value is -0.290. The molecule has 1 aliphatic rings. The molecule has 1 aliphatic carbocycles. The van der Waals surface area contributed by atoms with Crippen molar-refractivity contribution >= 4 is 0 Å². The van der Waals surface area contributed by atoms with Crippen LogP contribution in [0.1, 0.15) is 39.5 Å². The Kier molecular flexibility index (Phi) is 5.25. The minimum Gasteiger partial charge on any atom is -0.326 e. The molecule has 0 heterocycles. The first kappa shape index (κ1) is 14.8. The third-order valence-corrected chi connectivity index (χ3v) is 3.73. The molecule has 5 heteroatoms. The summed E-state index contributed by atoms with van der Waals surface area (Å²) in [6.45, 7) is 4.43. The molecule has 2 unspecified atom stereocenters. The molecule has 102 valence electrons. The first-order valence-corrected chi connectivity index (χ1v) is 6.46. The molecular formula is C12H23F3N2. The van der Waals surface area contributed by atoms with Gasteiger partial charge in [-0.2, -0.15) is 13.2 Å². The van der Waals surface area contributed by atoms with E-state index in [1.165, 1.54) is 4.90 Å². The number of rotatable bonds is 6. The Balaban J connectivity index is 2.70. The van der Waals surface area contributed by atoms with Gasteiger partial charge < -0.3 is 5.73 Å². The summed E-state index contributed by atoms with van der Waals surface area (Å²) in [6, 6.07) is -2.31. The van der Waals surface area contributed by atoms with Crippen molar-refractivity contribution in [3.05, 3.63) is 0 Å². The van der Waals surface area contributed by atoms with Gasteiger partial charge in [0.2, 0.25) is 0 Å². The van der Waals surface area contributed by atoms with Crippen molar-refractivity contribution in [2.75, 3.05) is 13.1 Å². The Morgan fingerprint density at radius 3 is 2.18 bits per heavy atom. The lowest BCUT2D eigenvalue weighted by Crippen LogP contribution is -2.57. The van der Waals surface area contributed by atoms with E-state index in [0.717, 1.165) is 19.3 Å². The number of hydrogen-bond acceptors (Lipinski definition) is 2. The van der Waals surface area contributed by atoms with Gasteiger partial charge in [0.15, 0.2) is 0 Å². The number of alkyl halides is 3. The molecule has 0 saturated heterocycles. The summed E-state index contributed by atoms with van der Waals surface area (Å²) in [5.74, 6) is 0.434. The van der Waals surface area contributed by atoms with Gasteiger partial charge in [-0.25, -0.2) is 0 Å². The molecule has 2 nitrogen and oxygen atoms in total. The first-order valence-electron chi connectivity index (χ1n) is 6.46. The second-order valence-corrected chi connectivity index (χ2v) is 4.94. The molecule has 1 rings (SSSR count). The molecule has 2 atom stereocenters. The summed E-state index contributed by atoms with van der Waals surface area (Å²) >= 11 is 0. The van der Waals surface area contributed by atoms with Crippen LogP contribution in [-0.4, -0.2) is 36.2 Å². The van der Waals surface area contributed by atoms with Gasteiger partial charge in [0.25, 0.3) is 0 Å². The molecule has 0 spiro atoms. The molecule has 0 aliphatic heterocycles. The smallest absolute Gasteiger partial charge is 0.326 e.